The molecule has 0 aliphatic rings. The molecule has 1 amide bonds. The molecule has 0 atom stereocenters. The first-order valence-corrected chi connectivity index (χ1v) is 9.75. The molecular formula is C19H22F2N2O3S. The first-order chi connectivity index (χ1) is 12.5. The van der Waals surface area contributed by atoms with Gasteiger partial charge < -0.3 is 5.32 Å². The van der Waals surface area contributed by atoms with Crippen molar-refractivity contribution in [1.82, 2.24) is 4.72 Å². The Labute approximate surface area is 157 Å². The topological polar surface area (TPSA) is 75.3 Å². The van der Waals surface area contributed by atoms with Gasteiger partial charge >= 0.3 is 0 Å². The van der Waals surface area contributed by atoms with Gasteiger partial charge in [-0.15, -0.1) is 0 Å². The number of anilines is 1. The van der Waals surface area contributed by atoms with Gasteiger partial charge in [0.2, 0.25) is 15.9 Å². The Kier molecular flexibility index (Phi) is 6.01. The Balaban J connectivity index is 2.20. The van der Waals surface area contributed by atoms with Gasteiger partial charge in [0.1, 0.15) is 0 Å². The molecule has 2 aromatic rings. The van der Waals surface area contributed by atoms with Crippen molar-refractivity contribution in [2.45, 2.75) is 39.5 Å². The van der Waals surface area contributed by atoms with E-state index in [-0.39, 0.29) is 10.6 Å². The van der Waals surface area contributed by atoms with Crippen LogP contribution in [0.25, 0.3) is 0 Å². The zero-order chi connectivity index (χ0) is 20.5. The molecule has 0 bridgehead atoms. The first kappa shape index (κ1) is 21.0. The van der Waals surface area contributed by atoms with E-state index in [1.165, 1.54) is 6.07 Å². The first-order valence-electron chi connectivity index (χ1n) is 8.27. The number of sulfonamides is 1. The second-order valence-electron chi connectivity index (χ2n) is 6.46. The standard InChI is InChI=1S/C19H22F2N2O3S/c1-10-11(2)13(4)19(14(5)12(10)3)27(25,26)22-9-18(24)23-15-6-7-16(20)17(21)8-15/h6-8,22H,9H2,1-5H3,(H,23,24). The number of carbonyl (C=O) groups is 1. The number of nitrogens with one attached hydrogen (secondary N) is 2. The van der Waals surface area contributed by atoms with Crippen LogP contribution >= 0.6 is 0 Å². The summed E-state index contributed by atoms with van der Waals surface area (Å²) in [6.07, 6.45) is 0. The molecule has 0 aromatic heterocycles. The van der Waals surface area contributed by atoms with E-state index in [4.69, 9.17) is 0 Å². The lowest BCUT2D eigenvalue weighted by atomic mass is 9.95. The number of hydrogen-bond acceptors (Lipinski definition) is 3. The molecule has 0 radical (unpaired) electrons. The Morgan fingerprint density at radius 2 is 1.41 bits per heavy atom. The molecule has 0 aliphatic carbocycles. The van der Waals surface area contributed by atoms with Crippen molar-refractivity contribution in [3.63, 3.8) is 0 Å². The van der Waals surface area contributed by atoms with Crippen LogP contribution in [-0.4, -0.2) is 20.9 Å². The van der Waals surface area contributed by atoms with Crippen molar-refractivity contribution < 1.29 is 22.0 Å². The van der Waals surface area contributed by atoms with Gasteiger partial charge in [-0.05, 0) is 74.6 Å². The summed E-state index contributed by atoms with van der Waals surface area (Å²) in [5, 5.41) is 2.32. The van der Waals surface area contributed by atoms with E-state index >= 15 is 0 Å². The fraction of sp³-hybridized carbons (Fsp3) is 0.316. The highest BCUT2D eigenvalue weighted by atomic mass is 32.2. The molecule has 27 heavy (non-hydrogen) atoms. The van der Waals surface area contributed by atoms with Crippen LogP contribution in [0.3, 0.4) is 0 Å². The third kappa shape index (κ3) is 4.33. The van der Waals surface area contributed by atoms with Crippen LogP contribution < -0.4 is 10.0 Å². The molecule has 0 spiro atoms. The van der Waals surface area contributed by atoms with Crippen LogP contribution in [0.2, 0.25) is 0 Å². The van der Waals surface area contributed by atoms with Crippen LogP contribution in [0.5, 0.6) is 0 Å². The molecule has 2 N–H and O–H groups in total. The molecule has 5 nitrogen and oxygen atoms in total. The maximum absolute atomic E-state index is 13.2. The zero-order valence-corrected chi connectivity index (χ0v) is 16.6. The summed E-state index contributed by atoms with van der Waals surface area (Å²) in [5.41, 5.74) is 4.08. The van der Waals surface area contributed by atoms with Crippen LogP contribution in [0, 0.1) is 46.3 Å². The van der Waals surface area contributed by atoms with E-state index < -0.39 is 34.1 Å². The minimum atomic E-state index is -3.93. The fourth-order valence-electron chi connectivity index (χ4n) is 2.88. The van der Waals surface area contributed by atoms with Crippen molar-refractivity contribution in [3.05, 3.63) is 57.7 Å². The summed E-state index contributed by atoms with van der Waals surface area (Å²) in [4.78, 5) is 12.1. The molecule has 2 rings (SSSR count). The Bertz CT molecular complexity index is 989. The van der Waals surface area contributed by atoms with Gasteiger partial charge in [0.15, 0.2) is 11.6 Å². The number of carbonyl (C=O) groups excluding carboxylic acids is 1. The van der Waals surface area contributed by atoms with Crippen molar-refractivity contribution in [2.24, 2.45) is 0 Å². The van der Waals surface area contributed by atoms with Gasteiger partial charge in [-0.1, -0.05) is 0 Å². The van der Waals surface area contributed by atoms with Crippen molar-refractivity contribution in [3.8, 4) is 0 Å². The predicted octanol–water partition coefficient (Wildman–Crippen LogP) is 3.42. The summed E-state index contributed by atoms with van der Waals surface area (Å²) in [5.74, 6) is -2.84. The predicted molar refractivity (Wildman–Crippen MR) is 100 cm³/mol. The van der Waals surface area contributed by atoms with E-state index in [0.29, 0.717) is 11.1 Å². The van der Waals surface area contributed by atoms with E-state index in [1.807, 2.05) is 20.8 Å². The monoisotopic (exact) mass is 396 g/mol. The molecular weight excluding hydrogens is 374 g/mol. The highest BCUT2D eigenvalue weighted by Gasteiger charge is 2.24. The van der Waals surface area contributed by atoms with Gasteiger partial charge in [0.25, 0.3) is 0 Å². The molecule has 146 valence electrons. The lowest BCUT2D eigenvalue weighted by Crippen LogP contribution is -2.34. The van der Waals surface area contributed by atoms with E-state index in [9.17, 15) is 22.0 Å². The smallest absolute Gasteiger partial charge is 0.241 e. The zero-order valence-electron chi connectivity index (χ0n) is 15.8. The summed E-state index contributed by atoms with van der Waals surface area (Å²) >= 11 is 0. The molecule has 8 heteroatoms. The van der Waals surface area contributed by atoms with Crippen LogP contribution in [0.1, 0.15) is 27.8 Å². The average Bonchev–Trinajstić information content (AvgIpc) is 2.60. The van der Waals surface area contributed by atoms with E-state index in [0.717, 1.165) is 28.8 Å². The maximum atomic E-state index is 13.2. The number of halogens is 2. The second kappa shape index (κ2) is 7.74. The van der Waals surface area contributed by atoms with Crippen LogP contribution in [-0.2, 0) is 14.8 Å². The molecule has 0 heterocycles. The highest BCUT2D eigenvalue weighted by molar-refractivity contribution is 7.89. The van der Waals surface area contributed by atoms with Crippen LogP contribution in [0.15, 0.2) is 23.1 Å². The largest absolute Gasteiger partial charge is 0.325 e. The van der Waals surface area contributed by atoms with Crippen molar-refractivity contribution >= 4 is 21.6 Å². The Morgan fingerprint density at radius 1 is 0.889 bits per heavy atom. The van der Waals surface area contributed by atoms with Gasteiger partial charge in [0, 0.05) is 11.8 Å². The minimum absolute atomic E-state index is 0.0347. The van der Waals surface area contributed by atoms with Crippen LogP contribution in [0.4, 0.5) is 14.5 Å². The average molecular weight is 396 g/mol. The third-order valence-electron chi connectivity index (χ3n) is 4.83. The SMILES string of the molecule is Cc1c(C)c(C)c(S(=O)(=O)NCC(=O)Nc2ccc(F)c(F)c2)c(C)c1C. The molecule has 0 saturated carbocycles. The van der Waals surface area contributed by atoms with E-state index in [2.05, 4.69) is 10.0 Å². The van der Waals surface area contributed by atoms with Gasteiger partial charge in [0.05, 0.1) is 11.4 Å². The Hall–Kier alpha value is -2.32. The molecule has 0 saturated heterocycles. The minimum Gasteiger partial charge on any atom is -0.325 e. The fourth-order valence-corrected chi connectivity index (χ4v) is 4.46. The molecule has 0 fully saturated rings. The molecule has 2 aromatic carbocycles. The lowest BCUT2D eigenvalue weighted by Gasteiger charge is -2.19. The molecule has 0 unspecified atom stereocenters. The number of amides is 1. The normalized spacial score (nSPS) is 11.5. The lowest BCUT2D eigenvalue weighted by molar-refractivity contribution is -0.115. The van der Waals surface area contributed by atoms with Gasteiger partial charge in [-0.3, -0.25) is 4.79 Å². The van der Waals surface area contributed by atoms with Crippen molar-refractivity contribution in [2.75, 3.05) is 11.9 Å². The van der Waals surface area contributed by atoms with Gasteiger partial charge in [-0.2, -0.15) is 0 Å². The van der Waals surface area contributed by atoms with Crippen molar-refractivity contribution in [1.29, 1.82) is 0 Å². The highest BCUT2D eigenvalue weighted by Crippen LogP contribution is 2.29. The maximum Gasteiger partial charge on any atom is 0.241 e. The summed E-state index contributed by atoms with van der Waals surface area (Å²) < 4.78 is 53.9. The quantitative estimate of drug-likeness (QED) is 0.813. The number of rotatable bonds is 5. The number of hydrogen-bond donors (Lipinski definition) is 2. The second-order valence-corrected chi connectivity index (χ2v) is 8.16. The third-order valence-corrected chi connectivity index (χ3v) is 6.50. The Morgan fingerprint density at radius 3 is 1.93 bits per heavy atom. The summed E-state index contributed by atoms with van der Waals surface area (Å²) in [6, 6.07) is 2.88. The van der Waals surface area contributed by atoms with Gasteiger partial charge in [-0.25, -0.2) is 21.9 Å². The summed E-state index contributed by atoms with van der Waals surface area (Å²) in [7, 11) is -3.93. The number of benzene rings is 2. The van der Waals surface area contributed by atoms with E-state index in [1.54, 1.807) is 13.8 Å². The summed E-state index contributed by atoms with van der Waals surface area (Å²) in [6.45, 7) is 8.56. The molecule has 0 aliphatic heterocycles.